The van der Waals surface area contributed by atoms with E-state index in [9.17, 15) is 13.6 Å². The average molecular weight is 264 g/mol. The Morgan fingerprint density at radius 1 is 1.59 bits per heavy atom. The minimum absolute atomic E-state index is 0.0317. The van der Waals surface area contributed by atoms with Crippen LogP contribution in [-0.4, -0.2) is 18.7 Å². The minimum Gasteiger partial charge on any atom is -0.464 e. The molecule has 2 N–H and O–H groups in total. The lowest BCUT2D eigenvalue weighted by Gasteiger charge is -2.16. The number of ether oxygens (including phenoxy) is 1. The molecule has 6 heteroatoms. The van der Waals surface area contributed by atoms with Crippen LogP contribution in [0.5, 0.6) is 0 Å². The molecular formula is C11H12ClF2NO2. The second-order valence-electron chi connectivity index (χ2n) is 3.35. The molecule has 2 atom stereocenters. The number of alkyl halides is 1. The van der Waals surface area contributed by atoms with E-state index >= 15 is 0 Å². The molecule has 0 aromatic heterocycles. The average Bonchev–Trinajstić information content (AvgIpc) is 2.30. The molecule has 0 radical (unpaired) electrons. The van der Waals surface area contributed by atoms with Crippen molar-refractivity contribution in [3.05, 3.63) is 34.6 Å². The highest BCUT2D eigenvalue weighted by molar-refractivity contribution is 6.30. The van der Waals surface area contributed by atoms with Gasteiger partial charge in [0.15, 0.2) is 0 Å². The van der Waals surface area contributed by atoms with Crippen molar-refractivity contribution in [2.24, 2.45) is 5.73 Å². The summed E-state index contributed by atoms with van der Waals surface area (Å²) >= 11 is 5.65. The Balaban J connectivity index is 2.91. The molecule has 0 amide bonds. The van der Waals surface area contributed by atoms with Crippen molar-refractivity contribution in [1.29, 1.82) is 0 Å². The van der Waals surface area contributed by atoms with E-state index in [1.165, 1.54) is 19.1 Å². The van der Waals surface area contributed by atoms with E-state index in [-0.39, 0.29) is 17.2 Å². The Morgan fingerprint density at radius 3 is 2.82 bits per heavy atom. The van der Waals surface area contributed by atoms with Crippen molar-refractivity contribution in [3.8, 4) is 0 Å². The largest absolute Gasteiger partial charge is 0.464 e. The Labute approximate surface area is 103 Å². The summed E-state index contributed by atoms with van der Waals surface area (Å²) in [4.78, 5) is 11.1. The van der Waals surface area contributed by atoms with Gasteiger partial charge < -0.3 is 10.5 Å². The molecule has 0 saturated heterocycles. The van der Waals surface area contributed by atoms with Crippen molar-refractivity contribution in [2.75, 3.05) is 6.61 Å². The molecule has 0 aliphatic heterocycles. The van der Waals surface area contributed by atoms with Crippen LogP contribution in [0.25, 0.3) is 0 Å². The van der Waals surface area contributed by atoms with Crippen LogP contribution in [0.3, 0.4) is 0 Å². The molecular weight excluding hydrogens is 252 g/mol. The smallest absolute Gasteiger partial charge is 0.342 e. The molecule has 0 aliphatic rings. The topological polar surface area (TPSA) is 52.3 Å². The van der Waals surface area contributed by atoms with Crippen LogP contribution in [-0.2, 0) is 9.53 Å². The summed E-state index contributed by atoms with van der Waals surface area (Å²) in [5.41, 5.74) is 5.31. The second-order valence-corrected chi connectivity index (χ2v) is 3.78. The van der Waals surface area contributed by atoms with Gasteiger partial charge in [-0.3, -0.25) is 0 Å². The Bertz CT molecular complexity index is 414. The predicted molar refractivity (Wildman–Crippen MR) is 59.9 cm³/mol. The number of benzene rings is 1. The summed E-state index contributed by atoms with van der Waals surface area (Å²) in [7, 11) is 0. The highest BCUT2D eigenvalue weighted by Crippen LogP contribution is 2.24. The van der Waals surface area contributed by atoms with Crippen LogP contribution in [0.2, 0.25) is 5.02 Å². The maximum Gasteiger partial charge on any atom is 0.342 e. The highest BCUT2D eigenvalue weighted by Gasteiger charge is 2.29. The molecule has 17 heavy (non-hydrogen) atoms. The molecule has 0 bridgehead atoms. The summed E-state index contributed by atoms with van der Waals surface area (Å²) in [5.74, 6) is -1.83. The van der Waals surface area contributed by atoms with Crippen LogP contribution in [0.15, 0.2) is 18.2 Å². The first-order valence-electron chi connectivity index (χ1n) is 4.98. The number of halogens is 3. The van der Waals surface area contributed by atoms with Gasteiger partial charge in [0.2, 0.25) is 6.17 Å². The quantitative estimate of drug-likeness (QED) is 0.849. The van der Waals surface area contributed by atoms with Crippen LogP contribution in [0, 0.1) is 5.82 Å². The van der Waals surface area contributed by atoms with Crippen molar-refractivity contribution >= 4 is 17.6 Å². The van der Waals surface area contributed by atoms with Gasteiger partial charge in [-0.25, -0.2) is 13.6 Å². The van der Waals surface area contributed by atoms with Gasteiger partial charge in [0.05, 0.1) is 12.6 Å². The third-order valence-corrected chi connectivity index (χ3v) is 2.38. The maximum atomic E-state index is 13.6. The van der Waals surface area contributed by atoms with Crippen LogP contribution >= 0.6 is 11.6 Å². The van der Waals surface area contributed by atoms with Gasteiger partial charge in [-0.1, -0.05) is 11.6 Å². The third kappa shape index (κ3) is 3.38. The molecule has 0 saturated carbocycles. The molecule has 3 nitrogen and oxygen atoms in total. The van der Waals surface area contributed by atoms with E-state index < -0.39 is 24.0 Å². The van der Waals surface area contributed by atoms with Gasteiger partial charge in [-0.05, 0) is 25.1 Å². The lowest BCUT2D eigenvalue weighted by Crippen LogP contribution is -2.32. The van der Waals surface area contributed by atoms with E-state index in [2.05, 4.69) is 4.74 Å². The molecule has 94 valence electrons. The fourth-order valence-electron chi connectivity index (χ4n) is 1.30. The second kappa shape index (κ2) is 5.93. The molecule has 0 fully saturated rings. The van der Waals surface area contributed by atoms with Gasteiger partial charge in [-0.15, -0.1) is 0 Å². The first-order chi connectivity index (χ1) is 7.97. The molecule has 1 rings (SSSR count). The van der Waals surface area contributed by atoms with Crippen molar-refractivity contribution < 1.29 is 18.3 Å². The number of rotatable bonds is 4. The lowest BCUT2D eigenvalue weighted by atomic mass is 10.0. The van der Waals surface area contributed by atoms with Crippen LogP contribution < -0.4 is 5.73 Å². The summed E-state index contributed by atoms with van der Waals surface area (Å²) in [6.07, 6.45) is -2.12. The molecule has 1 aromatic carbocycles. The van der Waals surface area contributed by atoms with Crippen molar-refractivity contribution in [1.82, 2.24) is 0 Å². The Hall–Kier alpha value is -1.20. The highest BCUT2D eigenvalue weighted by atomic mass is 35.5. The Kier molecular flexibility index (Phi) is 4.84. The normalized spacial score (nSPS) is 14.2. The molecule has 0 aliphatic carbocycles. The summed E-state index contributed by atoms with van der Waals surface area (Å²) in [6, 6.07) is 2.13. The fraction of sp³-hybridized carbons (Fsp3) is 0.364. The summed E-state index contributed by atoms with van der Waals surface area (Å²) < 4.78 is 31.4. The fourth-order valence-corrected chi connectivity index (χ4v) is 1.48. The molecule has 0 spiro atoms. The molecule has 1 unspecified atom stereocenters. The number of carbonyl (C=O) groups is 1. The zero-order chi connectivity index (χ0) is 13.0. The Morgan fingerprint density at radius 2 is 2.24 bits per heavy atom. The zero-order valence-electron chi connectivity index (χ0n) is 9.12. The van der Waals surface area contributed by atoms with E-state index in [4.69, 9.17) is 17.3 Å². The SMILES string of the molecule is CCOC(=O)C(F)[C@@H](N)c1cc(Cl)ccc1F. The van der Waals surface area contributed by atoms with Crippen molar-refractivity contribution in [3.63, 3.8) is 0 Å². The summed E-state index contributed by atoms with van der Waals surface area (Å²) in [5, 5.41) is 0.216. The first-order valence-corrected chi connectivity index (χ1v) is 5.36. The minimum atomic E-state index is -2.12. The van der Waals surface area contributed by atoms with Gasteiger partial charge in [0.1, 0.15) is 5.82 Å². The van der Waals surface area contributed by atoms with Gasteiger partial charge in [-0.2, -0.15) is 0 Å². The van der Waals surface area contributed by atoms with E-state index in [0.717, 1.165) is 6.07 Å². The third-order valence-electron chi connectivity index (χ3n) is 2.14. The maximum absolute atomic E-state index is 13.6. The van der Waals surface area contributed by atoms with Gasteiger partial charge in [0, 0.05) is 10.6 Å². The molecule has 1 aromatic rings. The number of esters is 1. The van der Waals surface area contributed by atoms with E-state index in [1.54, 1.807) is 0 Å². The number of hydrogen-bond donors (Lipinski definition) is 1. The number of hydrogen-bond acceptors (Lipinski definition) is 3. The standard InChI is InChI=1S/C11H12ClF2NO2/c1-2-17-11(16)9(14)10(15)7-5-6(12)3-4-8(7)13/h3-5,9-10H,2,15H2,1H3/t9?,10-/m0/s1. The van der Waals surface area contributed by atoms with Crippen LogP contribution in [0.1, 0.15) is 18.5 Å². The van der Waals surface area contributed by atoms with E-state index in [0.29, 0.717) is 0 Å². The molecule has 0 heterocycles. The zero-order valence-corrected chi connectivity index (χ0v) is 9.88. The summed E-state index contributed by atoms with van der Waals surface area (Å²) in [6.45, 7) is 1.57. The predicted octanol–water partition coefficient (Wildman–Crippen LogP) is 2.38. The first kappa shape index (κ1) is 13.9. The lowest BCUT2D eigenvalue weighted by molar-refractivity contribution is -0.149. The number of carbonyl (C=O) groups excluding carboxylic acids is 1. The van der Waals surface area contributed by atoms with Crippen LogP contribution in [0.4, 0.5) is 8.78 Å². The number of nitrogens with two attached hydrogens (primary N) is 1. The van der Waals surface area contributed by atoms with E-state index in [1.807, 2.05) is 0 Å². The van der Waals surface area contributed by atoms with Crippen molar-refractivity contribution in [2.45, 2.75) is 19.1 Å². The monoisotopic (exact) mass is 263 g/mol. The van der Waals surface area contributed by atoms with Gasteiger partial charge >= 0.3 is 5.97 Å². The van der Waals surface area contributed by atoms with Gasteiger partial charge in [0.25, 0.3) is 0 Å².